The Bertz CT molecular complexity index is 1230. The Kier molecular flexibility index (Phi) is 4.59. The van der Waals surface area contributed by atoms with Gasteiger partial charge in [0.2, 0.25) is 5.78 Å². The summed E-state index contributed by atoms with van der Waals surface area (Å²) in [5.41, 5.74) is 1.13. The van der Waals surface area contributed by atoms with E-state index in [9.17, 15) is 24.6 Å². The van der Waals surface area contributed by atoms with E-state index >= 15 is 0 Å². The Balaban J connectivity index is 1.84. The van der Waals surface area contributed by atoms with E-state index in [0.29, 0.717) is 15.6 Å². The first-order valence-corrected chi connectivity index (χ1v) is 9.65. The van der Waals surface area contributed by atoms with Gasteiger partial charge in [-0.05, 0) is 30.7 Å². The van der Waals surface area contributed by atoms with Gasteiger partial charge in [-0.25, -0.2) is 0 Å². The van der Waals surface area contributed by atoms with E-state index < -0.39 is 17.3 Å². The van der Waals surface area contributed by atoms with E-state index in [4.69, 9.17) is 0 Å². The van der Waals surface area contributed by atoms with Crippen molar-refractivity contribution in [2.24, 2.45) is 0 Å². The summed E-state index contributed by atoms with van der Waals surface area (Å²) in [7, 11) is 0. The highest BCUT2D eigenvalue weighted by molar-refractivity contribution is 9.10. The van der Waals surface area contributed by atoms with Crippen LogP contribution in [0.2, 0.25) is 0 Å². The fraction of sp³-hybridized carbons (Fsp3) is 0.0870. The minimum absolute atomic E-state index is 0.0696. The maximum Gasteiger partial charge on any atom is 0.201 e. The minimum atomic E-state index is -0.639. The first-order chi connectivity index (χ1) is 13.8. The number of rotatable bonds is 3. The SMILES string of the molecule is Cc1cc2c(c(O)c1CC(=O)c1ccccc1Br)C(=O)c1c(O)cccc1C2=O. The number of aryl methyl sites for hydroxylation is 1. The Labute approximate surface area is 174 Å². The van der Waals surface area contributed by atoms with Crippen LogP contribution in [0.4, 0.5) is 0 Å². The average Bonchev–Trinajstić information content (AvgIpc) is 2.69. The molecule has 5 nitrogen and oxygen atoms in total. The van der Waals surface area contributed by atoms with Crippen molar-refractivity contribution in [3.63, 3.8) is 0 Å². The maximum atomic E-state index is 13.0. The molecule has 4 rings (SSSR count). The van der Waals surface area contributed by atoms with Crippen molar-refractivity contribution in [3.8, 4) is 11.5 Å². The van der Waals surface area contributed by atoms with Crippen LogP contribution in [0, 0.1) is 6.92 Å². The monoisotopic (exact) mass is 450 g/mol. The molecular weight excluding hydrogens is 436 g/mol. The summed E-state index contributed by atoms with van der Waals surface area (Å²) < 4.78 is 0.630. The van der Waals surface area contributed by atoms with E-state index in [-0.39, 0.29) is 45.8 Å². The Morgan fingerprint density at radius 3 is 2.38 bits per heavy atom. The molecule has 0 heterocycles. The van der Waals surface area contributed by atoms with Crippen molar-refractivity contribution in [2.75, 3.05) is 0 Å². The van der Waals surface area contributed by atoms with Gasteiger partial charge in [0, 0.05) is 33.1 Å². The molecule has 3 aromatic carbocycles. The summed E-state index contributed by atoms with van der Waals surface area (Å²) in [6.45, 7) is 1.68. The van der Waals surface area contributed by atoms with Gasteiger partial charge in [-0.2, -0.15) is 0 Å². The zero-order valence-corrected chi connectivity index (χ0v) is 16.9. The van der Waals surface area contributed by atoms with Gasteiger partial charge in [0.25, 0.3) is 0 Å². The van der Waals surface area contributed by atoms with Crippen LogP contribution < -0.4 is 0 Å². The number of hydrogen-bond acceptors (Lipinski definition) is 5. The number of carbonyl (C=O) groups excluding carboxylic acids is 3. The van der Waals surface area contributed by atoms with Gasteiger partial charge < -0.3 is 10.2 Å². The highest BCUT2D eigenvalue weighted by atomic mass is 79.9. The lowest BCUT2D eigenvalue weighted by atomic mass is 9.80. The first-order valence-electron chi connectivity index (χ1n) is 8.85. The summed E-state index contributed by atoms with van der Waals surface area (Å²) in [4.78, 5) is 38.6. The standard InChI is InChI=1S/C23H15BrO5/c1-11-9-15-20(23(29)19-13(21(15)27)6-4-8-17(19)25)22(28)14(11)10-18(26)12-5-2-3-7-16(12)24/h2-9,25,28H,10H2,1H3. The molecule has 0 atom stereocenters. The number of benzene rings is 3. The predicted octanol–water partition coefficient (Wildman–Crippen LogP) is 4.37. The fourth-order valence-electron chi connectivity index (χ4n) is 3.65. The zero-order valence-electron chi connectivity index (χ0n) is 15.3. The molecule has 0 aliphatic heterocycles. The van der Waals surface area contributed by atoms with Crippen LogP contribution in [0.1, 0.15) is 53.3 Å². The van der Waals surface area contributed by atoms with E-state index in [1.807, 2.05) is 0 Å². The van der Waals surface area contributed by atoms with Crippen LogP contribution in [-0.4, -0.2) is 27.6 Å². The molecule has 0 spiro atoms. The van der Waals surface area contributed by atoms with E-state index in [1.54, 1.807) is 31.2 Å². The van der Waals surface area contributed by atoms with Crippen molar-refractivity contribution in [1.82, 2.24) is 0 Å². The molecule has 144 valence electrons. The second-order valence-electron chi connectivity index (χ2n) is 6.88. The predicted molar refractivity (Wildman–Crippen MR) is 110 cm³/mol. The van der Waals surface area contributed by atoms with Gasteiger partial charge in [0.05, 0.1) is 11.1 Å². The molecule has 0 aromatic heterocycles. The zero-order chi connectivity index (χ0) is 20.9. The van der Waals surface area contributed by atoms with Gasteiger partial charge >= 0.3 is 0 Å². The lowest BCUT2D eigenvalue weighted by molar-refractivity contribution is 0.0972. The molecule has 0 radical (unpaired) electrons. The van der Waals surface area contributed by atoms with Crippen molar-refractivity contribution in [3.05, 3.63) is 91.9 Å². The van der Waals surface area contributed by atoms with Gasteiger partial charge in [0.15, 0.2) is 11.6 Å². The molecule has 1 aliphatic carbocycles. The topological polar surface area (TPSA) is 91.7 Å². The molecule has 1 aliphatic rings. The Morgan fingerprint density at radius 1 is 0.931 bits per heavy atom. The summed E-state index contributed by atoms with van der Waals surface area (Å²) in [6.07, 6.45) is -0.136. The third-order valence-electron chi connectivity index (χ3n) is 5.13. The van der Waals surface area contributed by atoms with Crippen LogP contribution in [0.3, 0.4) is 0 Å². The molecular formula is C23H15BrO5. The highest BCUT2D eigenvalue weighted by Gasteiger charge is 2.35. The molecule has 0 saturated carbocycles. The largest absolute Gasteiger partial charge is 0.507 e. The third kappa shape index (κ3) is 2.96. The normalized spacial score (nSPS) is 12.5. The van der Waals surface area contributed by atoms with Crippen LogP contribution in [0.15, 0.2) is 53.0 Å². The number of Topliss-reactive ketones (excluding diaryl/α,β-unsaturated/α-hetero) is 1. The highest BCUT2D eigenvalue weighted by Crippen LogP contribution is 2.39. The van der Waals surface area contributed by atoms with Gasteiger partial charge in [-0.1, -0.05) is 46.3 Å². The van der Waals surface area contributed by atoms with Crippen molar-refractivity contribution in [2.45, 2.75) is 13.3 Å². The number of phenolic OH excluding ortho intramolecular Hbond substituents is 2. The number of ketones is 3. The van der Waals surface area contributed by atoms with Crippen LogP contribution in [0.5, 0.6) is 11.5 Å². The molecule has 29 heavy (non-hydrogen) atoms. The number of phenols is 2. The quantitative estimate of drug-likeness (QED) is 0.452. The van der Waals surface area contributed by atoms with Crippen molar-refractivity contribution < 1.29 is 24.6 Å². The molecule has 0 amide bonds. The van der Waals surface area contributed by atoms with Gasteiger partial charge in [0.1, 0.15) is 11.5 Å². The fourth-order valence-corrected chi connectivity index (χ4v) is 4.16. The lowest BCUT2D eigenvalue weighted by Crippen LogP contribution is -2.22. The molecule has 0 bridgehead atoms. The van der Waals surface area contributed by atoms with Crippen LogP contribution in [-0.2, 0) is 6.42 Å². The number of halogens is 1. The second kappa shape index (κ2) is 6.97. The Hall–Kier alpha value is -3.25. The molecule has 2 N–H and O–H groups in total. The number of carbonyl (C=O) groups is 3. The lowest BCUT2D eigenvalue weighted by Gasteiger charge is -2.22. The third-order valence-corrected chi connectivity index (χ3v) is 5.82. The summed E-state index contributed by atoms with van der Waals surface area (Å²) >= 11 is 3.34. The summed E-state index contributed by atoms with van der Waals surface area (Å²) in [5, 5.41) is 21.0. The molecule has 6 heteroatoms. The maximum absolute atomic E-state index is 13.0. The first kappa shape index (κ1) is 19.1. The average molecular weight is 451 g/mol. The summed E-state index contributed by atoms with van der Waals surface area (Å²) in [5.74, 6) is -2.05. The van der Waals surface area contributed by atoms with Crippen LogP contribution in [0.25, 0.3) is 0 Å². The second-order valence-corrected chi connectivity index (χ2v) is 7.74. The van der Waals surface area contributed by atoms with E-state index in [1.165, 1.54) is 24.3 Å². The number of aromatic hydroxyl groups is 2. The van der Waals surface area contributed by atoms with Crippen molar-refractivity contribution >= 4 is 33.3 Å². The van der Waals surface area contributed by atoms with Crippen LogP contribution >= 0.6 is 15.9 Å². The molecule has 0 saturated heterocycles. The van der Waals surface area contributed by atoms with E-state index in [0.717, 1.165) is 0 Å². The minimum Gasteiger partial charge on any atom is -0.507 e. The number of fused-ring (bicyclic) bond motifs is 2. The number of hydrogen-bond donors (Lipinski definition) is 2. The van der Waals surface area contributed by atoms with Gasteiger partial charge in [-0.15, -0.1) is 0 Å². The Morgan fingerprint density at radius 2 is 1.66 bits per heavy atom. The summed E-state index contributed by atoms with van der Waals surface area (Å²) in [6, 6.07) is 12.7. The van der Waals surface area contributed by atoms with E-state index in [2.05, 4.69) is 15.9 Å². The molecule has 0 unspecified atom stereocenters. The molecule has 3 aromatic rings. The van der Waals surface area contributed by atoms with Gasteiger partial charge in [-0.3, -0.25) is 14.4 Å². The van der Waals surface area contributed by atoms with Crippen molar-refractivity contribution in [1.29, 1.82) is 0 Å². The molecule has 0 fully saturated rings. The smallest absolute Gasteiger partial charge is 0.201 e.